The van der Waals surface area contributed by atoms with Crippen LogP contribution in [0.1, 0.15) is 0 Å². The number of halogens is 1. The lowest BCUT2D eigenvalue weighted by molar-refractivity contribution is 0.0438. The van der Waals surface area contributed by atoms with Gasteiger partial charge in [-0.1, -0.05) is 4.89 Å². The molecule has 0 unspecified atom stereocenters. The van der Waals surface area contributed by atoms with Gasteiger partial charge in [0.15, 0.2) is 11.5 Å². The molecule has 0 aliphatic heterocycles. The Kier molecular flexibility index (Phi) is 6.69. The first-order chi connectivity index (χ1) is 9.46. The smallest absolute Gasteiger partial charge is 0.263 e. The SMILES string of the molecule is COCCONS(=O)(=O)c1cc(OC)c(OC)cc1Br. The van der Waals surface area contributed by atoms with E-state index in [1.807, 2.05) is 4.89 Å². The molecule has 0 heterocycles. The van der Waals surface area contributed by atoms with E-state index in [1.165, 1.54) is 33.5 Å². The van der Waals surface area contributed by atoms with E-state index in [9.17, 15) is 8.42 Å². The highest BCUT2D eigenvalue weighted by Crippen LogP contribution is 2.35. The number of hydrogen-bond acceptors (Lipinski definition) is 6. The van der Waals surface area contributed by atoms with Crippen molar-refractivity contribution in [2.75, 3.05) is 34.5 Å². The molecule has 0 fully saturated rings. The second-order valence-corrected chi connectivity index (χ2v) is 6.03. The topological polar surface area (TPSA) is 83.1 Å². The lowest BCUT2D eigenvalue weighted by Crippen LogP contribution is -2.26. The van der Waals surface area contributed by atoms with E-state index in [0.717, 1.165) is 0 Å². The summed E-state index contributed by atoms with van der Waals surface area (Å²) >= 11 is 3.17. The Labute approximate surface area is 126 Å². The minimum atomic E-state index is -3.84. The average molecular weight is 370 g/mol. The normalized spacial score (nSPS) is 11.4. The molecule has 1 aromatic carbocycles. The highest BCUT2D eigenvalue weighted by atomic mass is 79.9. The number of ether oxygens (including phenoxy) is 3. The number of sulfonamides is 1. The van der Waals surface area contributed by atoms with Crippen LogP contribution in [0.15, 0.2) is 21.5 Å². The first kappa shape index (κ1) is 17.2. The van der Waals surface area contributed by atoms with Crippen molar-refractivity contribution >= 4 is 26.0 Å². The summed E-state index contributed by atoms with van der Waals surface area (Å²) in [6, 6.07) is 2.84. The lowest BCUT2D eigenvalue weighted by Gasteiger charge is -2.12. The number of hydrogen-bond donors (Lipinski definition) is 1. The van der Waals surface area contributed by atoms with E-state index in [1.54, 1.807) is 0 Å². The standard InChI is InChI=1S/C11H16BrNO6S/c1-16-4-5-19-13-20(14,15)11-7-10(18-3)9(17-2)6-8(11)12/h6-7,13H,4-5H2,1-3H3. The number of rotatable bonds is 8. The Morgan fingerprint density at radius 3 is 2.25 bits per heavy atom. The largest absolute Gasteiger partial charge is 0.493 e. The van der Waals surface area contributed by atoms with Crippen LogP contribution in [0.2, 0.25) is 0 Å². The summed E-state index contributed by atoms with van der Waals surface area (Å²) in [4.78, 5) is 6.81. The summed E-state index contributed by atoms with van der Waals surface area (Å²) < 4.78 is 39.4. The van der Waals surface area contributed by atoms with E-state index in [-0.39, 0.29) is 18.1 Å². The van der Waals surface area contributed by atoms with Gasteiger partial charge in [0.1, 0.15) is 4.90 Å². The molecule has 114 valence electrons. The molecule has 0 aliphatic rings. The van der Waals surface area contributed by atoms with E-state index < -0.39 is 10.0 Å². The minimum absolute atomic E-state index is 0.0208. The van der Waals surface area contributed by atoms with Gasteiger partial charge in [-0.3, -0.25) is 4.84 Å². The van der Waals surface area contributed by atoms with Gasteiger partial charge in [-0.05, 0) is 22.0 Å². The number of methoxy groups -OCH3 is 3. The molecule has 0 saturated heterocycles. The molecule has 0 aromatic heterocycles. The summed E-state index contributed by atoms with van der Waals surface area (Å²) in [6.07, 6.45) is 0. The van der Waals surface area contributed by atoms with Crippen molar-refractivity contribution in [3.8, 4) is 11.5 Å². The van der Waals surface area contributed by atoms with Crippen LogP contribution in [0.3, 0.4) is 0 Å². The summed E-state index contributed by atoms with van der Waals surface area (Å²) in [6.45, 7) is 0.371. The third kappa shape index (κ3) is 4.32. The second-order valence-electron chi connectivity index (χ2n) is 3.57. The fourth-order valence-corrected chi connectivity index (χ4v) is 3.20. The van der Waals surface area contributed by atoms with Crippen molar-refractivity contribution in [1.29, 1.82) is 0 Å². The predicted molar refractivity (Wildman–Crippen MR) is 75.4 cm³/mol. The molecule has 0 spiro atoms. The second kappa shape index (κ2) is 7.79. The summed E-state index contributed by atoms with van der Waals surface area (Å²) in [5.41, 5.74) is 0. The molecule has 0 atom stereocenters. The molecule has 20 heavy (non-hydrogen) atoms. The third-order valence-electron chi connectivity index (χ3n) is 2.29. The van der Waals surface area contributed by atoms with Gasteiger partial charge < -0.3 is 14.2 Å². The molecule has 1 aromatic rings. The van der Waals surface area contributed by atoms with Crippen molar-refractivity contribution in [2.24, 2.45) is 0 Å². The average Bonchev–Trinajstić information content (AvgIpc) is 2.43. The third-order valence-corrected chi connectivity index (χ3v) is 4.46. The maximum Gasteiger partial charge on any atom is 0.263 e. The van der Waals surface area contributed by atoms with E-state index >= 15 is 0 Å². The van der Waals surface area contributed by atoms with Crippen LogP contribution in [0.4, 0.5) is 0 Å². The van der Waals surface area contributed by atoms with Crippen LogP contribution in [0.5, 0.6) is 11.5 Å². The first-order valence-corrected chi connectivity index (χ1v) is 7.78. The fourth-order valence-electron chi connectivity index (χ4n) is 1.33. The molecule has 0 aliphatic carbocycles. The minimum Gasteiger partial charge on any atom is -0.493 e. The van der Waals surface area contributed by atoms with Crippen molar-refractivity contribution < 1.29 is 27.5 Å². The van der Waals surface area contributed by atoms with Crippen LogP contribution in [-0.2, 0) is 19.6 Å². The van der Waals surface area contributed by atoms with E-state index in [2.05, 4.69) is 15.9 Å². The van der Waals surface area contributed by atoms with E-state index in [0.29, 0.717) is 16.0 Å². The van der Waals surface area contributed by atoms with Crippen LogP contribution in [0, 0.1) is 0 Å². The van der Waals surface area contributed by atoms with Gasteiger partial charge in [-0.25, -0.2) is 8.42 Å². The summed E-state index contributed by atoms with van der Waals surface area (Å²) in [5, 5.41) is 0. The van der Waals surface area contributed by atoms with Gasteiger partial charge >= 0.3 is 0 Å². The first-order valence-electron chi connectivity index (χ1n) is 5.50. The Morgan fingerprint density at radius 2 is 1.70 bits per heavy atom. The molecule has 1 rings (SSSR count). The van der Waals surface area contributed by atoms with Gasteiger partial charge in [-0.15, -0.1) is 0 Å². The van der Waals surface area contributed by atoms with Crippen molar-refractivity contribution in [1.82, 2.24) is 4.89 Å². The molecule has 0 bridgehead atoms. The van der Waals surface area contributed by atoms with Gasteiger partial charge in [0.25, 0.3) is 10.0 Å². The maximum absolute atomic E-state index is 12.1. The monoisotopic (exact) mass is 369 g/mol. The Morgan fingerprint density at radius 1 is 1.10 bits per heavy atom. The summed E-state index contributed by atoms with van der Waals surface area (Å²) in [5.74, 6) is 0.714. The van der Waals surface area contributed by atoms with Gasteiger partial charge in [-0.2, -0.15) is 0 Å². The Balaban J connectivity index is 2.99. The molecule has 1 N–H and O–H groups in total. The number of benzene rings is 1. The maximum atomic E-state index is 12.1. The summed E-state index contributed by atoms with van der Waals surface area (Å²) in [7, 11) is 0.534. The van der Waals surface area contributed by atoms with Crippen molar-refractivity contribution in [2.45, 2.75) is 4.90 Å². The molecule has 0 amide bonds. The molecule has 0 saturated carbocycles. The molecular formula is C11H16BrNO6S. The zero-order valence-corrected chi connectivity index (χ0v) is 13.7. The van der Waals surface area contributed by atoms with E-state index in [4.69, 9.17) is 19.0 Å². The fraction of sp³-hybridized carbons (Fsp3) is 0.455. The zero-order chi connectivity index (χ0) is 15.2. The zero-order valence-electron chi connectivity index (χ0n) is 11.3. The lowest BCUT2D eigenvalue weighted by atomic mass is 10.3. The highest BCUT2D eigenvalue weighted by molar-refractivity contribution is 9.10. The molecule has 9 heteroatoms. The molecule has 0 radical (unpaired) electrons. The van der Waals surface area contributed by atoms with Crippen LogP contribution < -0.4 is 14.4 Å². The number of nitrogens with one attached hydrogen (secondary N) is 1. The predicted octanol–water partition coefficient (Wildman–Crippen LogP) is 1.32. The Hall–Kier alpha value is -0.870. The van der Waals surface area contributed by atoms with Gasteiger partial charge in [0.2, 0.25) is 0 Å². The van der Waals surface area contributed by atoms with Crippen LogP contribution in [0.25, 0.3) is 0 Å². The Bertz CT molecular complexity index is 548. The van der Waals surface area contributed by atoms with Gasteiger partial charge in [0, 0.05) is 17.6 Å². The van der Waals surface area contributed by atoms with Crippen molar-refractivity contribution in [3.05, 3.63) is 16.6 Å². The quantitative estimate of drug-likeness (QED) is 0.549. The molecule has 7 nitrogen and oxygen atoms in total. The van der Waals surface area contributed by atoms with Crippen LogP contribution in [-0.4, -0.2) is 43.0 Å². The van der Waals surface area contributed by atoms with Gasteiger partial charge in [0.05, 0.1) is 27.4 Å². The highest BCUT2D eigenvalue weighted by Gasteiger charge is 2.21. The van der Waals surface area contributed by atoms with Crippen molar-refractivity contribution in [3.63, 3.8) is 0 Å². The molecular weight excluding hydrogens is 354 g/mol. The van der Waals surface area contributed by atoms with Crippen LogP contribution >= 0.6 is 15.9 Å².